The van der Waals surface area contributed by atoms with E-state index in [4.69, 9.17) is 5.11 Å². The zero-order chi connectivity index (χ0) is 10.4. The Bertz CT molecular complexity index is 159. The minimum Gasteiger partial charge on any atom is -0.391 e. The summed E-state index contributed by atoms with van der Waals surface area (Å²) < 4.78 is 0. The van der Waals surface area contributed by atoms with Crippen molar-refractivity contribution in [3.63, 3.8) is 0 Å². The smallest absolute Gasteiger partial charge is 0.249 e. The van der Waals surface area contributed by atoms with Crippen molar-refractivity contribution >= 4 is 5.91 Å². The Morgan fingerprint density at radius 3 is 2.31 bits per heavy atom. The Hall–Kier alpha value is -0.610. The fourth-order valence-corrected chi connectivity index (χ4v) is 0.770. The number of aliphatic hydroxyl groups excluding tert-OH is 2. The van der Waals surface area contributed by atoms with E-state index >= 15 is 0 Å². The molecule has 0 spiro atoms. The molecule has 0 aromatic heterocycles. The largest absolute Gasteiger partial charge is 0.391 e. The van der Waals surface area contributed by atoms with E-state index in [0.29, 0.717) is 6.42 Å². The van der Waals surface area contributed by atoms with Crippen LogP contribution in [0.25, 0.3) is 0 Å². The van der Waals surface area contributed by atoms with Crippen LogP contribution in [0.1, 0.15) is 27.2 Å². The molecule has 2 atom stereocenters. The van der Waals surface area contributed by atoms with E-state index < -0.39 is 18.1 Å². The van der Waals surface area contributed by atoms with E-state index in [2.05, 4.69) is 5.32 Å². The Morgan fingerprint density at radius 2 is 1.92 bits per heavy atom. The highest BCUT2D eigenvalue weighted by Gasteiger charge is 2.18. The van der Waals surface area contributed by atoms with Gasteiger partial charge in [0.05, 0.1) is 6.10 Å². The molecule has 0 fully saturated rings. The van der Waals surface area contributed by atoms with E-state index in [0.717, 1.165) is 0 Å². The average Bonchev–Trinajstić information content (AvgIpc) is 2.11. The van der Waals surface area contributed by atoms with E-state index in [9.17, 15) is 9.90 Å². The normalized spacial score (nSPS) is 15.5. The van der Waals surface area contributed by atoms with Gasteiger partial charge in [0, 0.05) is 6.54 Å². The monoisotopic (exact) mass is 189 g/mol. The number of hydrogen-bond acceptors (Lipinski definition) is 3. The van der Waals surface area contributed by atoms with Crippen molar-refractivity contribution in [2.24, 2.45) is 5.92 Å². The maximum atomic E-state index is 11.1. The third-order valence-electron chi connectivity index (χ3n) is 1.88. The second-order valence-electron chi connectivity index (χ2n) is 3.50. The minimum atomic E-state index is -0.982. The van der Waals surface area contributed by atoms with Crippen molar-refractivity contribution < 1.29 is 15.0 Å². The molecule has 0 heterocycles. The lowest BCUT2D eigenvalue weighted by Crippen LogP contribution is -2.41. The van der Waals surface area contributed by atoms with E-state index in [-0.39, 0.29) is 12.5 Å². The van der Waals surface area contributed by atoms with Crippen LogP contribution in [0.4, 0.5) is 0 Å². The summed E-state index contributed by atoms with van der Waals surface area (Å²) in [6.07, 6.45) is -0.912. The van der Waals surface area contributed by atoms with Gasteiger partial charge >= 0.3 is 0 Å². The SMILES string of the molecule is CC[C@H](O)CNC(=O)[C@@H](O)C(C)C. The second kappa shape index (κ2) is 5.94. The molecule has 0 aromatic carbocycles. The Balaban J connectivity index is 3.74. The molecule has 0 saturated heterocycles. The molecule has 0 rings (SSSR count). The first kappa shape index (κ1) is 12.4. The molecule has 0 radical (unpaired) electrons. The molecule has 13 heavy (non-hydrogen) atoms. The lowest BCUT2D eigenvalue weighted by molar-refractivity contribution is -0.131. The van der Waals surface area contributed by atoms with Crippen molar-refractivity contribution in [1.29, 1.82) is 0 Å². The first-order valence-electron chi connectivity index (χ1n) is 4.62. The molecule has 0 bridgehead atoms. The molecule has 0 saturated carbocycles. The molecule has 0 aromatic rings. The van der Waals surface area contributed by atoms with Crippen molar-refractivity contribution in [2.45, 2.75) is 39.4 Å². The number of amides is 1. The maximum Gasteiger partial charge on any atom is 0.249 e. The van der Waals surface area contributed by atoms with Crippen LogP contribution in [0.15, 0.2) is 0 Å². The van der Waals surface area contributed by atoms with Crippen LogP contribution in [0, 0.1) is 5.92 Å². The van der Waals surface area contributed by atoms with Crippen LogP contribution >= 0.6 is 0 Å². The van der Waals surface area contributed by atoms with Gasteiger partial charge in [0.1, 0.15) is 6.10 Å². The molecule has 0 aliphatic rings. The molecule has 0 unspecified atom stereocenters. The molecular formula is C9H19NO3. The quantitative estimate of drug-likeness (QED) is 0.565. The van der Waals surface area contributed by atoms with Crippen molar-refractivity contribution in [2.75, 3.05) is 6.54 Å². The average molecular weight is 189 g/mol. The molecule has 78 valence electrons. The van der Waals surface area contributed by atoms with Gasteiger partial charge in [-0.15, -0.1) is 0 Å². The standard InChI is InChI=1S/C9H19NO3/c1-4-7(11)5-10-9(13)8(12)6(2)3/h6-8,11-12H,4-5H2,1-3H3,(H,10,13)/t7-,8-/m0/s1. The fourth-order valence-electron chi connectivity index (χ4n) is 0.770. The van der Waals surface area contributed by atoms with Gasteiger partial charge in [-0.2, -0.15) is 0 Å². The first-order chi connectivity index (χ1) is 5.99. The summed E-state index contributed by atoms with van der Waals surface area (Å²) in [5, 5.41) is 20.9. The predicted molar refractivity (Wildman–Crippen MR) is 50.2 cm³/mol. The number of rotatable bonds is 5. The lowest BCUT2D eigenvalue weighted by Gasteiger charge is -2.15. The lowest BCUT2D eigenvalue weighted by atomic mass is 10.1. The van der Waals surface area contributed by atoms with Gasteiger partial charge in [0.2, 0.25) is 5.91 Å². The molecular weight excluding hydrogens is 170 g/mol. The summed E-state index contributed by atoms with van der Waals surface area (Å²) in [4.78, 5) is 11.1. The van der Waals surface area contributed by atoms with Crippen molar-refractivity contribution in [3.05, 3.63) is 0 Å². The van der Waals surface area contributed by atoms with Gasteiger partial charge in [0.25, 0.3) is 0 Å². The summed E-state index contributed by atoms with van der Waals surface area (Å²) in [6, 6.07) is 0. The number of nitrogens with one attached hydrogen (secondary N) is 1. The minimum absolute atomic E-state index is 0.0984. The number of hydrogen-bond donors (Lipinski definition) is 3. The van der Waals surface area contributed by atoms with Crippen LogP contribution in [-0.4, -0.2) is 34.9 Å². The molecule has 0 aliphatic carbocycles. The van der Waals surface area contributed by atoms with Crippen LogP contribution in [0.3, 0.4) is 0 Å². The third-order valence-corrected chi connectivity index (χ3v) is 1.88. The second-order valence-corrected chi connectivity index (χ2v) is 3.50. The van der Waals surface area contributed by atoms with Gasteiger partial charge in [-0.1, -0.05) is 20.8 Å². The van der Waals surface area contributed by atoms with Gasteiger partial charge in [-0.05, 0) is 12.3 Å². The topological polar surface area (TPSA) is 69.6 Å². The Labute approximate surface area is 79.0 Å². The predicted octanol–water partition coefficient (Wildman–Crippen LogP) is -0.110. The van der Waals surface area contributed by atoms with Crippen LogP contribution < -0.4 is 5.32 Å². The van der Waals surface area contributed by atoms with Crippen molar-refractivity contribution in [1.82, 2.24) is 5.32 Å². The molecule has 3 N–H and O–H groups in total. The molecule has 4 heteroatoms. The van der Waals surface area contributed by atoms with Crippen LogP contribution in [0.5, 0.6) is 0 Å². The summed E-state index contributed by atoms with van der Waals surface area (Å²) in [5.41, 5.74) is 0. The number of aliphatic hydroxyl groups is 2. The zero-order valence-corrected chi connectivity index (χ0v) is 8.45. The molecule has 4 nitrogen and oxygen atoms in total. The number of carbonyl (C=O) groups excluding carboxylic acids is 1. The van der Waals surface area contributed by atoms with E-state index in [1.807, 2.05) is 6.92 Å². The van der Waals surface area contributed by atoms with Gasteiger partial charge in [-0.25, -0.2) is 0 Å². The highest BCUT2D eigenvalue weighted by atomic mass is 16.3. The van der Waals surface area contributed by atoms with E-state index in [1.165, 1.54) is 0 Å². The van der Waals surface area contributed by atoms with Gasteiger partial charge in [-0.3, -0.25) is 4.79 Å². The summed E-state index contributed by atoms with van der Waals surface area (Å²) in [6.45, 7) is 5.57. The summed E-state index contributed by atoms with van der Waals surface area (Å²) in [7, 11) is 0. The maximum absolute atomic E-state index is 11.1. The third kappa shape index (κ3) is 4.85. The Morgan fingerprint density at radius 1 is 1.38 bits per heavy atom. The fraction of sp³-hybridized carbons (Fsp3) is 0.889. The van der Waals surface area contributed by atoms with Gasteiger partial charge in [0.15, 0.2) is 0 Å². The zero-order valence-electron chi connectivity index (χ0n) is 8.45. The van der Waals surface area contributed by atoms with E-state index in [1.54, 1.807) is 13.8 Å². The highest BCUT2D eigenvalue weighted by molar-refractivity contribution is 5.80. The summed E-state index contributed by atoms with van der Waals surface area (Å²) >= 11 is 0. The molecule has 1 amide bonds. The van der Waals surface area contributed by atoms with Crippen molar-refractivity contribution in [3.8, 4) is 0 Å². The Kier molecular flexibility index (Phi) is 5.66. The molecule has 0 aliphatic heterocycles. The first-order valence-corrected chi connectivity index (χ1v) is 4.62. The van der Waals surface area contributed by atoms with Crippen LogP contribution in [-0.2, 0) is 4.79 Å². The summed E-state index contributed by atoms with van der Waals surface area (Å²) in [5.74, 6) is -0.513. The van der Waals surface area contributed by atoms with Gasteiger partial charge < -0.3 is 15.5 Å². The highest BCUT2D eigenvalue weighted by Crippen LogP contribution is 2.00. The number of carbonyl (C=O) groups is 1. The van der Waals surface area contributed by atoms with Crippen LogP contribution in [0.2, 0.25) is 0 Å².